The van der Waals surface area contributed by atoms with Gasteiger partial charge in [-0.3, -0.25) is 4.79 Å². The van der Waals surface area contributed by atoms with Crippen LogP contribution in [0.3, 0.4) is 0 Å². The number of halogens is 1. The van der Waals surface area contributed by atoms with Crippen LogP contribution in [0.2, 0.25) is 0 Å². The molecule has 3 rings (SSSR count). The van der Waals surface area contributed by atoms with Crippen molar-refractivity contribution in [3.05, 3.63) is 100 Å². The normalized spacial score (nSPS) is 12.5. The number of amides is 1. The highest BCUT2D eigenvalue weighted by molar-refractivity contribution is 9.10. The van der Waals surface area contributed by atoms with Gasteiger partial charge in [0.15, 0.2) is 0 Å². The summed E-state index contributed by atoms with van der Waals surface area (Å²) in [6, 6.07) is 23.3. The van der Waals surface area contributed by atoms with E-state index in [1.54, 1.807) is 24.3 Å². The molecule has 0 saturated carbocycles. The third kappa shape index (κ3) is 6.26. The Morgan fingerprint density at radius 3 is 2.32 bits per heavy atom. The molecule has 1 unspecified atom stereocenters. The molecule has 3 aromatic rings. The Morgan fingerprint density at radius 1 is 1.00 bits per heavy atom. The summed E-state index contributed by atoms with van der Waals surface area (Å²) in [5.41, 5.74) is 2.71. The number of nitrogens with one attached hydrogen (secondary N) is 1. The van der Waals surface area contributed by atoms with E-state index in [1.165, 1.54) is 4.31 Å². The molecule has 1 N–H and O–H groups in total. The molecule has 3 aromatic carbocycles. The fourth-order valence-corrected chi connectivity index (χ4v) is 4.98. The summed E-state index contributed by atoms with van der Waals surface area (Å²) in [5, 5.41) is 2.91. The average molecular weight is 501 g/mol. The lowest BCUT2D eigenvalue weighted by molar-refractivity contribution is -0.122. The predicted octanol–water partition coefficient (Wildman–Crippen LogP) is 4.83. The number of carbonyl (C=O) groups is 1. The van der Waals surface area contributed by atoms with E-state index in [0.29, 0.717) is 0 Å². The number of nitrogens with zero attached hydrogens (tertiary/aromatic N) is 1. The molecule has 5 nitrogen and oxygen atoms in total. The van der Waals surface area contributed by atoms with Gasteiger partial charge in [0, 0.05) is 11.0 Å². The molecule has 0 radical (unpaired) electrons. The summed E-state index contributed by atoms with van der Waals surface area (Å²) < 4.78 is 28.8. The second kappa shape index (κ2) is 10.2. The summed E-state index contributed by atoms with van der Waals surface area (Å²) in [6.07, 6.45) is 0. The Hall–Kier alpha value is -2.48. The Bertz CT molecular complexity index is 1130. The van der Waals surface area contributed by atoms with Crippen molar-refractivity contribution in [1.82, 2.24) is 9.62 Å². The average Bonchev–Trinajstić information content (AvgIpc) is 2.74. The standard InChI is InChI=1S/C24H25BrN2O3S/c1-18-11-13-23(14-12-18)31(29,30)27(16-20-7-4-3-5-8-20)17-24(28)26-19(2)21-9-6-10-22(25)15-21/h3-15,19H,16-17H2,1-2H3,(H,26,28). The quantitative estimate of drug-likeness (QED) is 0.481. The maximum atomic E-state index is 13.3. The zero-order valence-corrected chi connectivity index (χ0v) is 19.9. The minimum absolute atomic E-state index is 0.107. The van der Waals surface area contributed by atoms with Crippen molar-refractivity contribution in [2.45, 2.75) is 31.3 Å². The van der Waals surface area contributed by atoms with Crippen molar-refractivity contribution < 1.29 is 13.2 Å². The van der Waals surface area contributed by atoms with Crippen molar-refractivity contribution in [2.24, 2.45) is 0 Å². The highest BCUT2D eigenvalue weighted by Gasteiger charge is 2.27. The highest BCUT2D eigenvalue weighted by atomic mass is 79.9. The van der Waals surface area contributed by atoms with Gasteiger partial charge < -0.3 is 5.32 Å². The van der Waals surface area contributed by atoms with Gasteiger partial charge >= 0.3 is 0 Å². The molecule has 0 aliphatic carbocycles. The van der Waals surface area contributed by atoms with E-state index in [1.807, 2.05) is 68.4 Å². The molecular formula is C24H25BrN2O3S. The first kappa shape index (κ1) is 23.2. The van der Waals surface area contributed by atoms with Crippen molar-refractivity contribution in [3.8, 4) is 0 Å². The van der Waals surface area contributed by atoms with Crippen LogP contribution in [0.4, 0.5) is 0 Å². The summed E-state index contributed by atoms with van der Waals surface area (Å²) in [7, 11) is -3.85. The molecule has 0 fully saturated rings. The van der Waals surface area contributed by atoms with Gasteiger partial charge in [0.2, 0.25) is 15.9 Å². The molecule has 162 valence electrons. The Morgan fingerprint density at radius 2 is 1.68 bits per heavy atom. The van der Waals surface area contributed by atoms with Crippen molar-refractivity contribution in [2.75, 3.05) is 6.54 Å². The topological polar surface area (TPSA) is 66.5 Å². The first-order chi connectivity index (χ1) is 14.8. The number of rotatable bonds is 8. The second-order valence-corrected chi connectivity index (χ2v) is 10.3. The fourth-order valence-electron chi connectivity index (χ4n) is 3.18. The maximum Gasteiger partial charge on any atom is 0.243 e. The zero-order chi connectivity index (χ0) is 22.4. The fraction of sp³-hybridized carbons (Fsp3) is 0.208. The SMILES string of the molecule is Cc1ccc(S(=O)(=O)N(CC(=O)NC(C)c2cccc(Br)c2)Cc2ccccc2)cc1. The van der Waals surface area contributed by atoms with Gasteiger partial charge in [-0.2, -0.15) is 4.31 Å². The van der Waals surface area contributed by atoms with Gasteiger partial charge in [-0.05, 0) is 49.2 Å². The number of carbonyl (C=O) groups excluding carboxylic acids is 1. The van der Waals surface area contributed by atoms with Crippen molar-refractivity contribution in [3.63, 3.8) is 0 Å². The van der Waals surface area contributed by atoms with Gasteiger partial charge in [-0.15, -0.1) is 0 Å². The molecular weight excluding hydrogens is 476 g/mol. The molecule has 1 amide bonds. The first-order valence-electron chi connectivity index (χ1n) is 9.91. The number of aryl methyl sites for hydroxylation is 1. The van der Waals surface area contributed by atoms with E-state index in [4.69, 9.17) is 0 Å². The molecule has 0 saturated heterocycles. The van der Waals surface area contributed by atoms with Crippen LogP contribution in [0.15, 0.2) is 88.2 Å². The molecule has 0 aliphatic heterocycles. The number of benzene rings is 3. The molecule has 0 bridgehead atoms. The highest BCUT2D eigenvalue weighted by Crippen LogP contribution is 2.20. The molecule has 0 spiro atoms. The summed E-state index contributed by atoms with van der Waals surface area (Å²) in [5.74, 6) is -0.362. The Balaban J connectivity index is 1.82. The third-order valence-corrected chi connectivity index (χ3v) is 7.21. The Labute approximate surface area is 192 Å². The van der Waals surface area contributed by atoms with Gasteiger partial charge in [0.1, 0.15) is 0 Å². The lowest BCUT2D eigenvalue weighted by Gasteiger charge is -2.23. The molecule has 1 atom stereocenters. The van der Waals surface area contributed by atoms with Gasteiger partial charge in [0.25, 0.3) is 0 Å². The van der Waals surface area contributed by atoms with Crippen LogP contribution in [0.5, 0.6) is 0 Å². The van der Waals surface area contributed by atoms with Crippen molar-refractivity contribution in [1.29, 1.82) is 0 Å². The largest absolute Gasteiger partial charge is 0.348 e. The van der Waals surface area contributed by atoms with Crippen LogP contribution in [0.1, 0.15) is 29.7 Å². The van der Waals surface area contributed by atoms with Gasteiger partial charge in [0.05, 0.1) is 17.5 Å². The molecule has 31 heavy (non-hydrogen) atoms. The lowest BCUT2D eigenvalue weighted by Crippen LogP contribution is -2.41. The van der Waals surface area contributed by atoms with E-state index >= 15 is 0 Å². The second-order valence-electron chi connectivity index (χ2n) is 7.42. The summed E-state index contributed by atoms with van der Waals surface area (Å²) >= 11 is 3.43. The van der Waals surface area contributed by atoms with Crippen LogP contribution in [-0.4, -0.2) is 25.2 Å². The van der Waals surface area contributed by atoms with Gasteiger partial charge in [-0.1, -0.05) is 76.1 Å². The van der Waals surface area contributed by atoms with E-state index in [-0.39, 0.29) is 29.9 Å². The van der Waals surface area contributed by atoms with E-state index < -0.39 is 10.0 Å². The van der Waals surface area contributed by atoms with Crippen LogP contribution in [0, 0.1) is 6.92 Å². The molecule has 0 heterocycles. The number of hydrogen-bond donors (Lipinski definition) is 1. The van der Waals surface area contributed by atoms with Crippen LogP contribution in [-0.2, 0) is 21.4 Å². The third-order valence-electron chi connectivity index (χ3n) is 4.91. The maximum absolute atomic E-state index is 13.3. The first-order valence-corrected chi connectivity index (χ1v) is 12.1. The summed E-state index contributed by atoms with van der Waals surface area (Å²) in [6.45, 7) is 3.60. The van der Waals surface area contributed by atoms with Crippen molar-refractivity contribution >= 4 is 31.9 Å². The van der Waals surface area contributed by atoms with Crippen LogP contribution >= 0.6 is 15.9 Å². The van der Waals surface area contributed by atoms with Gasteiger partial charge in [-0.25, -0.2) is 8.42 Å². The smallest absolute Gasteiger partial charge is 0.243 e. The van der Waals surface area contributed by atoms with E-state index in [0.717, 1.165) is 21.2 Å². The minimum Gasteiger partial charge on any atom is -0.348 e. The molecule has 0 aliphatic rings. The molecule has 0 aromatic heterocycles. The molecule has 7 heteroatoms. The van der Waals surface area contributed by atoms with E-state index in [2.05, 4.69) is 21.2 Å². The number of sulfonamides is 1. The van der Waals surface area contributed by atoms with Crippen LogP contribution in [0.25, 0.3) is 0 Å². The monoisotopic (exact) mass is 500 g/mol. The van der Waals surface area contributed by atoms with E-state index in [9.17, 15) is 13.2 Å². The summed E-state index contributed by atoms with van der Waals surface area (Å²) in [4.78, 5) is 13.0. The number of hydrogen-bond acceptors (Lipinski definition) is 3. The minimum atomic E-state index is -3.85. The predicted molar refractivity (Wildman–Crippen MR) is 126 cm³/mol. The Kier molecular flexibility index (Phi) is 7.64. The lowest BCUT2D eigenvalue weighted by atomic mass is 10.1. The van der Waals surface area contributed by atoms with Crippen LogP contribution < -0.4 is 5.32 Å². The zero-order valence-electron chi connectivity index (χ0n) is 17.5.